The third-order valence-electron chi connectivity index (χ3n) is 4.58. The van der Waals surface area contributed by atoms with Gasteiger partial charge in [-0.05, 0) is 42.5 Å². The van der Waals surface area contributed by atoms with Gasteiger partial charge in [0.05, 0.1) is 5.56 Å². The summed E-state index contributed by atoms with van der Waals surface area (Å²) in [6.07, 6.45) is 1.15. The van der Waals surface area contributed by atoms with Gasteiger partial charge in [0.1, 0.15) is 5.82 Å². The summed E-state index contributed by atoms with van der Waals surface area (Å²) in [7, 11) is 0. The number of halogens is 2. The van der Waals surface area contributed by atoms with Gasteiger partial charge in [0, 0.05) is 42.5 Å². The Labute approximate surface area is 172 Å². The van der Waals surface area contributed by atoms with Crippen molar-refractivity contribution in [2.24, 2.45) is 0 Å². The summed E-state index contributed by atoms with van der Waals surface area (Å²) in [5.74, 6) is -1.65. The first-order valence-electron chi connectivity index (χ1n) is 8.96. The van der Waals surface area contributed by atoms with Crippen molar-refractivity contribution >= 4 is 35.0 Å². The highest BCUT2D eigenvalue weighted by atomic mass is 35.5. The summed E-state index contributed by atoms with van der Waals surface area (Å²) < 4.78 is 13.9. The number of hydrogen-bond donors (Lipinski definition) is 1. The molecule has 150 valence electrons. The number of nitrogens with zero attached hydrogens (tertiary/aromatic N) is 2. The molecule has 1 aliphatic rings. The van der Waals surface area contributed by atoms with Gasteiger partial charge in [-0.3, -0.25) is 14.4 Å². The molecule has 6 nitrogen and oxygen atoms in total. The molecule has 0 aliphatic carbocycles. The van der Waals surface area contributed by atoms with Crippen molar-refractivity contribution in [2.75, 3.05) is 31.5 Å². The standard InChI is InChI=1S/C21H19ClFN3O3/c1-2-19(27)24-16-5-3-4-14(12-16)20(28)25-8-10-26(11-9-25)21(29)17-13-15(22)6-7-18(17)23/h2-7,12-13H,1,8-11H2,(H,24,27). The molecule has 0 spiro atoms. The summed E-state index contributed by atoms with van der Waals surface area (Å²) in [5, 5.41) is 2.90. The average Bonchev–Trinajstić information content (AvgIpc) is 2.74. The molecule has 0 atom stereocenters. The summed E-state index contributed by atoms with van der Waals surface area (Å²) in [6.45, 7) is 4.58. The lowest BCUT2D eigenvalue weighted by atomic mass is 10.1. The van der Waals surface area contributed by atoms with Crippen LogP contribution < -0.4 is 5.32 Å². The minimum atomic E-state index is -0.628. The van der Waals surface area contributed by atoms with Gasteiger partial charge in [-0.15, -0.1) is 0 Å². The van der Waals surface area contributed by atoms with E-state index in [1.54, 1.807) is 29.2 Å². The molecule has 1 saturated heterocycles. The zero-order chi connectivity index (χ0) is 21.0. The van der Waals surface area contributed by atoms with Gasteiger partial charge < -0.3 is 15.1 Å². The van der Waals surface area contributed by atoms with E-state index in [4.69, 9.17) is 11.6 Å². The number of rotatable bonds is 4. The molecule has 2 aromatic carbocycles. The predicted molar refractivity (Wildman–Crippen MR) is 108 cm³/mol. The summed E-state index contributed by atoms with van der Waals surface area (Å²) in [5.41, 5.74) is 0.835. The molecule has 8 heteroatoms. The number of nitrogens with one attached hydrogen (secondary N) is 1. The maximum atomic E-state index is 13.9. The Kier molecular flexibility index (Phi) is 6.29. The lowest BCUT2D eigenvalue weighted by Crippen LogP contribution is -2.50. The van der Waals surface area contributed by atoms with Crippen LogP contribution in [0, 0.1) is 5.82 Å². The van der Waals surface area contributed by atoms with Crippen LogP contribution in [0.2, 0.25) is 5.02 Å². The van der Waals surface area contributed by atoms with Crippen LogP contribution in [-0.2, 0) is 4.79 Å². The second-order valence-corrected chi connectivity index (χ2v) is 6.92. The number of hydrogen-bond acceptors (Lipinski definition) is 3. The number of piperazine rings is 1. The van der Waals surface area contributed by atoms with Crippen molar-refractivity contribution in [3.05, 3.63) is 77.1 Å². The fourth-order valence-electron chi connectivity index (χ4n) is 3.05. The molecular formula is C21H19ClFN3O3. The number of amides is 3. The topological polar surface area (TPSA) is 69.7 Å². The molecule has 0 saturated carbocycles. The minimum Gasteiger partial charge on any atom is -0.335 e. The largest absolute Gasteiger partial charge is 0.335 e. The molecule has 3 rings (SSSR count). The lowest BCUT2D eigenvalue weighted by Gasteiger charge is -2.35. The molecule has 0 radical (unpaired) electrons. The number of anilines is 1. The van der Waals surface area contributed by atoms with Crippen LogP contribution in [0.4, 0.5) is 10.1 Å². The van der Waals surface area contributed by atoms with Crippen molar-refractivity contribution in [3.8, 4) is 0 Å². The van der Waals surface area contributed by atoms with Crippen LogP contribution >= 0.6 is 11.6 Å². The molecule has 29 heavy (non-hydrogen) atoms. The normalized spacial score (nSPS) is 13.7. The van der Waals surface area contributed by atoms with E-state index in [1.807, 2.05) is 0 Å². The van der Waals surface area contributed by atoms with Gasteiger partial charge >= 0.3 is 0 Å². The minimum absolute atomic E-state index is 0.0806. The Bertz CT molecular complexity index is 971. The van der Waals surface area contributed by atoms with Gasteiger partial charge in [-0.25, -0.2) is 4.39 Å². The second-order valence-electron chi connectivity index (χ2n) is 6.48. The Morgan fingerprint density at radius 1 is 1.00 bits per heavy atom. The van der Waals surface area contributed by atoms with Crippen molar-refractivity contribution in [3.63, 3.8) is 0 Å². The number of benzene rings is 2. The van der Waals surface area contributed by atoms with Gasteiger partial charge in [-0.1, -0.05) is 24.2 Å². The van der Waals surface area contributed by atoms with Gasteiger partial charge in [0.2, 0.25) is 5.91 Å². The highest BCUT2D eigenvalue weighted by molar-refractivity contribution is 6.31. The van der Waals surface area contributed by atoms with E-state index in [-0.39, 0.29) is 35.5 Å². The van der Waals surface area contributed by atoms with Crippen molar-refractivity contribution in [2.45, 2.75) is 0 Å². The molecule has 0 unspecified atom stereocenters. The Morgan fingerprint density at radius 2 is 1.66 bits per heavy atom. The smallest absolute Gasteiger partial charge is 0.257 e. The van der Waals surface area contributed by atoms with E-state index < -0.39 is 11.7 Å². The number of carbonyl (C=O) groups excluding carboxylic acids is 3. The molecule has 1 fully saturated rings. The fraction of sp³-hybridized carbons (Fsp3) is 0.190. The third-order valence-corrected chi connectivity index (χ3v) is 4.81. The Hall–Kier alpha value is -3.19. The van der Waals surface area contributed by atoms with Gasteiger partial charge in [0.25, 0.3) is 11.8 Å². The maximum Gasteiger partial charge on any atom is 0.257 e. The van der Waals surface area contributed by atoms with Gasteiger partial charge in [0.15, 0.2) is 0 Å². The molecule has 0 bridgehead atoms. The highest BCUT2D eigenvalue weighted by Gasteiger charge is 2.27. The SMILES string of the molecule is C=CC(=O)Nc1cccc(C(=O)N2CCN(C(=O)c3cc(Cl)ccc3F)CC2)c1. The molecule has 1 aliphatic heterocycles. The summed E-state index contributed by atoms with van der Waals surface area (Å²) in [6, 6.07) is 10.4. The quantitative estimate of drug-likeness (QED) is 0.779. The van der Waals surface area contributed by atoms with E-state index in [2.05, 4.69) is 11.9 Å². The lowest BCUT2D eigenvalue weighted by molar-refractivity contribution is -0.111. The molecular weight excluding hydrogens is 397 g/mol. The Balaban J connectivity index is 1.64. The van der Waals surface area contributed by atoms with E-state index in [9.17, 15) is 18.8 Å². The first-order chi connectivity index (χ1) is 13.9. The van der Waals surface area contributed by atoms with Crippen molar-refractivity contribution < 1.29 is 18.8 Å². The maximum absolute atomic E-state index is 13.9. The van der Waals surface area contributed by atoms with E-state index in [0.29, 0.717) is 24.3 Å². The number of carbonyl (C=O) groups is 3. The predicted octanol–water partition coefficient (Wildman–Crippen LogP) is 3.20. The van der Waals surface area contributed by atoms with E-state index >= 15 is 0 Å². The summed E-state index contributed by atoms with van der Waals surface area (Å²) in [4.78, 5) is 39.9. The molecule has 1 N–H and O–H groups in total. The molecule has 3 amide bonds. The zero-order valence-corrected chi connectivity index (χ0v) is 16.3. The van der Waals surface area contributed by atoms with Crippen LogP contribution in [0.15, 0.2) is 55.1 Å². The van der Waals surface area contributed by atoms with E-state index in [1.165, 1.54) is 17.0 Å². The molecule has 0 aromatic heterocycles. The zero-order valence-electron chi connectivity index (χ0n) is 15.5. The van der Waals surface area contributed by atoms with E-state index in [0.717, 1.165) is 12.1 Å². The first kappa shape index (κ1) is 20.5. The monoisotopic (exact) mass is 415 g/mol. The average molecular weight is 416 g/mol. The van der Waals surface area contributed by atoms with Crippen LogP contribution in [0.25, 0.3) is 0 Å². The summed E-state index contributed by atoms with van der Waals surface area (Å²) >= 11 is 5.86. The third kappa shape index (κ3) is 4.81. The van der Waals surface area contributed by atoms with Crippen LogP contribution in [-0.4, -0.2) is 53.7 Å². The highest BCUT2D eigenvalue weighted by Crippen LogP contribution is 2.19. The first-order valence-corrected chi connectivity index (χ1v) is 9.34. The fourth-order valence-corrected chi connectivity index (χ4v) is 3.22. The van der Waals surface area contributed by atoms with Crippen LogP contribution in [0.5, 0.6) is 0 Å². The van der Waals surface area contributed by atoms with Crippen LogP contribution in [0.3, 0.4) is 0 Å². The van der Waals surface area contributed by atoms with Crippen LogP contribution in [0.1, 0.15) is 20.7 Å². The second kappa shape index (κ2) is 8.87. The van der Waals surface area contributed by atoms with Crippen molar-refractivity contribution in [1.29, 1.82) is 0 Å². The Morgan fingerprint density at radius 3 is 2.31 bits per heavy atom. The van der Waals surface area contributed by atoms with Crippen molar-refractivity contribution in [1.82, 2.24) is 9.80 Å². The molecule has 2 aromatic rings. The van der Waals surface area contributed by atoms with Gasteiger partial charge in [-0.2, -0.15) is 0 Å². The molecule has 1 heterocycles.